The minimum absolute atomic E-state index is 0.430. The van der Waals surface area contributed by atoms with Crippen LogP contribution in [0.2, 0.25) is 0 Å². The predicted molar refractivity (Wildman–Crippen MR) is 57.7 cm³/mol. The zero-order valence-electron chi connectivity index (χ0n) is 9.07. The maximum absolute atomic E-state index is 11.1. The lowest BCUT2D eigenvalue weighted by molar-refractivity contribution is -0.121. The second-order valence-electron chi connectivity index (χ2n) is 3.70. The number of methoxy groups -OCH3 is 1. The smallest absolute Gasteiger partial charge is 0.242 e. The van der Waals surface area contributed by atoms with E-state index in [1.807, 2.05) is 0 Å². The SMILES string of the molecule is COc1ccc(NC(C)(C)C(N)=O)nc1. The molecular weight excluding hydrogens is 194 g/mol. The van der Waals surface area contributed by atoms with Crippen LogP contribution >= 0.6 is 0 Å². The first kappa shape index (κ1) is 11.3. The van der Waals surface area contributed by atoms with Crippen LogP contribution in [0, 0.1) is 0 Å². The van der Waals surface area contributed by atoms with Gasteiger partial charge in [0.25, 0.3) is 0 Å². The van der Waals surface area contributed by atoms with Crippen LogP contribution in [0.1, 0.15) is 13.8 Å². The van der Waals surface area contributed by atoms with Crippen LogP contribution < -0.4 is 15.8 Å². The molecular formula is C10H15N3O2. The fourth-order valence-corrected chi connectivity index (χ4v) is 0.957. The van der Waals surface area contributed by atoms with Gasteiger partial charge in [0, 0.05) is 0 Å². The van der Waals surface area contributed by atoms with Gasteiger partial charge in [-0.1, -0.05) is 0 Å². The molecule has 0 aliphatic carbocycles. The van der Waals surface area contributed by atoms with Gasteiger partial charge in [0.05, 0.1) is 13.3 Å². The number of nitrogens with two attached hydrogens (primary N) is 1. The van der Waals surface area contributed by atoms with E-state index in [9.17, 15) is 4.79 Å². The van der Waals surface area contributed by atoms with Crippen LogP contribution in [0.3, 0.4) is 0 Å². The molecule has 0 spiro atoms. The van der Waals surface area contributed by atoms with Gasteiger partial charge in [-0.2, -0.15) is 0 Å². The summed E-state index contributed by atoms with van der Waals surface area (Å²) >= 11 is 0. The average Bonchev–Trinajstić information content (AvgIpc) is 2.18. The Morgan fingerprint density at radius 1 is 1.53 bits per heavy atom. The molecule has 5 heteroatoms. The zero-order valence-corrected chi connectivity index (χ0v) is 9.07. The van der Waals surface area contributed by atoms with Crippen molar-refractivity contribution in [3.8, 4) is 5.75 Å². The molecule has 0 atom stereocenters. The number of amides is 1. The Bertz CT molecular complexity index is 346. The highest BCUT2D eigenvalue weighted by Gasteiger charge is 2.24. The molecule has 0 radical (unpaired) electrons. The van der Waals surface area contributed by atoms with Crippen LogP contribution in [-0.2, 0) is 4.79 Å². The van der Waals surface area contributed by atoms with E-state index >= 15 is 0 Å². The largest absolute Gasteiger partial charge is 0.495 e. The minimum atomic E-state index is -0.818. The number of hydrogen-bond acceptors (Lipinski definition) is 4. The lowest BCUT2D eigenvalue weighted by Gasteiger charge is -2.22. The third-order valence-electron chi connectivity index (χ3n) is 2.03. The number of nitrogens with one attached hydrogen (secondary N) is 1. The van der Waals surface area contributed by atoms with Crippen molar-refractivity contribution in [2.45, 2.75) is 19.4 Å². The van der Waals surface area contributed by atoms with Gasteiger partial charge in [-0.3, -0.25) is 4.79 Å². The van der Waals surface area contributed by atoms with E-state index < -0.39 is 11.4 Å². The normalized spacial score (nSPS) is 10.9. The van der Waals surface area contributed by atoms with E-state index in [1.165, 1.54) is 0 Å². The topological polar surface area (TPSA) is 77.2 Å². The van der Waals surface area contributed by atoms with Crippen molar-refractivity contribution in [1.82, 2.24) is 4.98 Å². The second kappa shape index (κ2) is 4.16. The molecule has 1 aromatic heterocycles. The Morgan fingerprint density at radius 2 is 2.20 bits per heavy atom. The van der Waals surface area contributed by atoms with Crippen LogP contribution in [-0.4, -0.2) is 23.5 Å². The highest BCUT2D eigenvalue weighted by atomic mass is 16.5. The number of nitrogens with zero attached hydrogens (tertiary/aromatic N) is 1. The molecule has 1 aromatic rings. The molecule has 0 saturated carbocycles. The van der Waals surface area contributed by atoms with Crippen molar-refractivity contribution < 1.29 is 9.53 Å². The number of carbonyl (C=O) groups is 1. The molecule has 5 nitrogen and oxygen atoms in total. The van der Waals surface area contributed by atoms with Crippen LogP contribution in [0.25, 0.3) is 0 Å². The molecule has 0 aliphatic rings. The predicted octanol–water partition coefficient (Wildman–Crippen LogP) is 0.766. The van der Waals surface area contributed by atoms with E-state index in [4.69, 9.17) is 10.5 Å². The Labute approximate surface area is 88.6 Å². The quantitative estimate of drug-likeness (QED) is 0.767. The summed E-state index contributed by atoms with van der Waals surface area (Å²) in [6.45, 7) is 3.39. The van der Waals surface area contributed by atoms with Gasteiger partial charge in [-0.15, -0.1) is 0 Å². The number of ether oxygens (including phenoxy) is 1. The highest BCUT2D eigenvalue weighted by molar-refractivity contribution is 5.86. The minimum Gasteiger partial charge on any atom is -0.495 e. The Balaban J connectivity index is 2.77. The molecule has 0 unspecified atom stereocenters. The van der Waals surface area contributed by atoms with E-state index in [2.05, 4.69) is 10.3 Å². The third kappa shape index (κ3) is 2.83. The molecule has 82 valence electrons. The molecule has 15 heavy (non-hydrogen) atoms. The summed E-state index contributed by atoms with van der Waals surface area (Å²) in [5.41, 5.74) is 4.40. The van der Waals surface area contributed by atoms with Gasteiger partial charge in [-0.25, -0.2) is 4.98 Å². The zero-order chi connectivity index (χ0) is 11.5. The van der Waals surface area contributed by atoms with Gasteiger partial charge >= 0.3 is 0 Å². The Kier molecular flexibility index (Phi) is 3.14. The number of anilines is 1. The van der Waals surface area contributed by atoms with Crippen molar-refractivity contribution in [3.63, 3.8) is 0 Å². The van der Waals surface area contributed by atoms with E-state index in [0.29, 0.717) is 11.6 Å². The third-order valence-corrected chi connectivity index (χ3v) is 2.03. The molecule has 0 aliphatic heterocycles. The first-order valence-electron chi connectivity index (χ1n) is 4.54. The molecule has 3 N–H and O–H groups in total. The summed E-state index contributed by atoms with van der Waals surface area (Å²) in [4.78, 5) is 15.1. The van der Waals surface area contributed by atoms with E-state index in [-0.39, 0.29) is 0 Å². The number of primary amides is 1. The molecule has 1 amide bonds. The fraction of sp³-hybridized carbons (Fsp3) is 0.400. The first-order chi connectivity index (χ1) is 6.95. The van der Waals surface area contributed by atoms with Crippen LogP contribution in [0.4, 0.5) is 5.82 Å². The lowest BCUT2D eigenvalue weighted by Crippen LogP contribution is -2.45. The van der Waals surface area contributed by atoms with Gasteiger partial charge in [0.2, 0.25) is 5.91 Å². The standard InChI is InChI=1S/C10H15N3O2/c1-10(2,9(11)14)13-8-5-4-7(15-3)6-12-8/h4-6H,1-3H3,(H2,11,14)(H,12,13). The highest BCUT2D eigenvalue weighted by Crippen LogP contribution is 2.15. The number of carbonyl (C=O) groups excluding carboxylic acids is 1. The van der Waals surface area contributed by atoms with Gasteiger partial charge in [0.1, 0.15) is 17.1 Å². The number of aromatic nitrogens is 1. The van der Waals surface area contributed by atoms with Crippen molar-refractivity contribution in [2.75, 3.05) is 12.4 Å². The van der Waals surface area contributed by atoms with Gasteiger partial charge in [-0.05, 0) is 26.0 Å². The Morgan fingerprint density at radius 3 is 2.60 bits per heavy atom. The maximum Gasteiger partial charge on any atom is 0.242 e. The summed E-state index contributed by atoms with van der Waals surface area (Å²) in [5, 5.41) is 2.93. The van der Waals surface area contributed by atoms with E-state index in [0.717, 1.165) is 0 Å². The number of rotatable bonds is 4. The number of pyridine rings is 1. The molecule has 1 heterocycles. The second-order valence-corrected chi connectivity index (χ2v) is 3.70. The number of hydrogen-bond donors (Lipinski definition) is 2. The molecule has 0 bridgehead atoms. The van der Waals surface area contributed by atoms with Gasteiger partial charge in [0.15, 0.2) is 0 Å². The fourth-order valence-electron chi connectivity index (χ4n) is 0.957. The Hall–Kier alpha value is -1.78. The summed E-state index contributed by atoms with van der Waals surface area (Å²) in [5.74, 6) is 0.817. The maximum atomic E-state index is 11.1. The summed E-state index contributed by atoms with van der Waals surface area (Å²) < 4.78 is 4.96. The molecule has 0 aromatic carbocycles. The van der Waals surface area contributed by atoms with Crippen molar-refractivity contribution in [1.29, 1.82) is 0 Å². The summed E-state index contributed by atoms with van der Waals surface area (Å²) in [6.07, 6.45) is 1.57. The van der Waals surface area contributed by atoms with Crippen molar-refractivity contribution in [2.24, 2.45) is 5.73 Å². The molecule has 1 rings (SSSR count). The summed E-state index contributed by atoms with van der Waals surface area (Å²) in [6, 6.07) is 3.48. The van der Waals surface area contributed by atoms with Gasteiger partial charge < -0.3 is 15.8 Å². The average molecular weight is 209 g/mol. The summed E-state index contributed by atoms with van der Waals surface area (Å²) in [7, 11) is 1.57. The van der Waals surface area contributed by atoms with Crippen LogP contribution in [0.15, 0.2) is 18.3 Å². The van der Waals surface area contributed by atoms with Crippen molar-refractivity contribution >= 4 is 11.7 Å². The van der Waals surface area contributed by atoms with E-state index in [1.54, 1.807) is 39.3 Å². The lowest BCUT2D eigenvalue weighted by atomic mass is 10.1. The molecule has 0 fully saturated rings. The van der Waals surface area contributed by atoms with Crippen molar-refractivity contribution in [3.05, 3.63) is 18.3 Å². The van der Waals surface area contributed by atoms with Crippen LogP contribution in [0.5, 0.6) is 5.75 Å². The first-order valence-corrected chi connectivity index (χ1v) is 4.54. The monoisotopic (exact) mass is 209 g/mol. The molecule has 0 saturated heterocycles.